The molecule has 0 saturated heterocycles. The van der Waals surface area contributed by atoms with E-state index >= 15 is 0 Å². The van der Waals surface area contributed by atoms with Crippen LogP contribution in [-0.2, 0) is 10.2 Å². The van der Waals surface area contributed by atoms with Crippen molar-refractivity contribution >= 4 is 33.1 Å². The van der Waals surface area contributed by atoms with Crippen LogP contribution >= 0.6 is 11.3 Å². The van der Waals surface area contributed by atoms with Gasteiger partial charge in [0.1, 0.15) is 5.75 Å². The van der Waals surface area contributed by atoms with Crippen LogP contribution in [0.3, 0.4) is 0 Å². The number of carbonyl (C=O) groups is 1. The quantitative estimate of drug-likeness (QED) is 0.509. The monoisotopic (exact) mass is 405 g/mol. The Kier molecular flexibility index (Phi) is 4.13. The zero-order valence-electron chi connectivity index (χ0n) is 16.1. The number of rotatable bonds is 5. The molecule has 0 radical (unpaired) electrons. The molecule has 1 fully saturated rings. The fourth-order valence-corrected chi connectivity index (χ4v) is 4.32. The molecular weight excluding hydrogens is 386 g/mol. The van der Waals surface area contributed by atoms with Gasteiger partial charge in [-0.1, -0.05) is 17.3 Å². The molecule has 2 aromatic heterocycles. The van der Waals surface area contributed by atoms with Gasteiger partial charge in [0, 0.05) is 17.3 Å². The predicted octanol–water partition coefficient (Wildman–Crippen LogP) is 4.94. The highest BCUT2D eigenvalue weighted by atomic mass is 32.1. The summed E-state index contributed by atoms with van der Waals surface area (Å²) in [6, 6.07) is 15.3. The Morgan fingerprint density at radius 3 is 2.86 bits per heavy atom. The molecular formula is C22H19N3O3S. The highest BCUT2D eigenvalue weighted by molar-refractivity contribution is 7.18. The molecule has 0 spiro atoms. The highest BCUT2D eigenvalue weighted by Crippen LogP contribution is 2.49. The first-order valence-electron chi connectivity index (χ1n) is 9.38. The van der Waals surface area contributed by atoms with E-state index in [4.69, 9.17) is 9.26 Å². The number of hydrogen-bond donors (Lipinski definition) is 1. The average molecular weight is 405 g/mol. The van der Waals surface area contributed by atoms with Crippen LogP contribution in [0.1, 0.15) is 23.5 Å². The average Bonchev–Trinajstić information content (AvgIpc) is 3.23. The van der Waals surface area contributed by atoms with E-state index in [1.807, 2.05) is 55.5 Å². The number of benzene rings is 2. The molecule has 4 aromatic rings. The third kappa shape index (κ3) is 3.17. The molecule has 29 heavy (non-hydrogen) atoms. The van der Waals surface area contributed by atoms with Crippen molar-refractivity contribution in [3.63, 3.8) is 0 Å². The zero-order chi connectivity index (χ0) is 20.0. The number of nitrogens with one attached hydrogen (secondary N) is 1. The van der Waals surface area contributed by atoms with Gasteiger partial charge in [0.2, 0.25) is 5.91 Å². The number of methoxy groups -OCH3 is 1. The van der Waals surface area contributed by atoms with Gasteiger partial charge in [0.15, 0.2) is 5.76 Å². The van der Waals surface area contributed by atoms with Crippen LogP contribution < -0.4 is 10.1 Å². The van der Waals surface area contributed by atoms with Gasteiger partial charge in [-0.25, -0.2) is 4.98 Å². The van der Waals surface area contributed by atoms with Crippen molar-refractivity contribution in [2.24, 2.45) is 0 Å². The summed E-state index contributed by atoms with van der Waals surface area (Å²) < 4.78 is 11.9. The number of thiazole rings is 1. The molecule has 1 N–H and O–H groups in total. The second kappa shape index (κ2) is 6.70. The lowest BCUT2D eigenvalue weighted by molar-refractivity contribution is -0.118. The lowest BCUT2D eigenvalue weighted by Crippen LogP contribution is -2.28. The third-order valence-electron chi connectivity index (χ3n) is 5.29. The largest absolute Gasteiger partial charge is 0.497 e. The number of ether oxygens (including phenoxy) is 1. The molecule has 0 aliphatic heterocycles. The molecule has 7 heteroatoms. The first-order valence-corrected chi connectivity index (χ1v) is 10.2. The SMILES string of the molecule is COc1cccc(-c2cc(C3(C(=O)Nc4ccc5sc(C)nc5c4)CC3)no2)c1. The van der Waals surface area contributed by atoms with Crippen LogP contribution in [0.4, 0.5) is 5.69 Å². The summed E-state index contributed by atoms with van der Waals surface area (Å²) in [6.07, 6.45) is 1.50. The Morgan fingerprint density at radius 2 is 2.07 bits per heavy atom. The Morgan fingerprint density at radius 1 is 1.21 bits per heavy atom. The van der Waals surface area contributed by atoms with Crippen LogP contribution in [-0.4, -0.2) is 23.2 Å². The maximum atomic E-state index is 13.1. The molecule has 5 rings (SSSR count). The Hall–Kier alpha value is -3.19. The van der Waals surface area contributed by atoms with E-state index in [2.05, 4.69) is 15.5 Å². The number of amides is 1. The van der Waals surface area contributed by atoms with E-state index in [1.54, 1.807) is 18.4 Å². The van der Waals surface area contributed by atoms with Crippen molar-refractivity contribution < 1.29 is 14.1 Å². The summed E-state index contributed by atoms with van der Waals surface area (Å²) in [6.45, 7) is 1.98. The van der Waals surface area contributed by atoms with Crippen LogP contribution in [0, 0.1) is 6.92 Å². The molecule has 1 aliphatic carbocycles. The van der Waals surface area contributed by atoms with Crippen molar-refractivity contribution in [1.29, 1.82) is 0 Å². The van der Waals surface area contributed by atoms with E-state index in [9.17, 15) is 4.79 Å². The second-order valence-electron chi connectivity index (χ2n) is 7.26. The van der Waals surface area contributed by atoms with E-state index in [0.29, 0.717) is 11.5 Å². The molecule has 1 aliphatic rings. The summed E-state index contributed by atoms with van der Waals surface area (Å²) >= 11 is 1.64. The number of aromatic nitrogens is 2. The first kappa shape index (κ1) is 17.9. The summed E-state index contributed by atoms with van der Waals surface area (Å²) in [5.74, 6) is 1.30. The Bertz CT molecular complexity index is 1220. The number of anilines is 1. The van der Waals surface area contributed by atoms with Gasteiger partial charge in [-0.05, 0) is 50.1 Å². The van der Waals surface area contributed by atoms with E-state index in [-0.39, 0.29) is 5.91 Å². The van der Waals surface area contributed by atoms with Crippen LogP contribution in [0.5, 0.6) is 5.75 Å². The summed E-state index contributed by atoms with van der Waals surface area (Å²) in [5, 5.41) is 8.26. The van der Waals surface area contributed by atoms with Crippen molar-refractivity contribution in [1.82, 2.24) is 10.1 Å². The summed E-state index contributed by atoms with van der Waals surface area (Å²) in [4.78, 5) is 17.6. The molecule has 2 aromatic carbocycles. The van der Waals surface area contributed by atoms with Gasteiger partial charge in [-0.15, -0.1) is 11.3 Å². The van der Waals surface area contributed by atoms with Gasteiger partial charge in [0.25, 0.3) is 0 Å². The zero-order valence-corrected chi connectivity index (χ0v) is 16.9. The molecule has 1 amide bonds. The molecule has 0 atom stereocenters. The third-order valence-corrected chi connectivity index (χ3v) is 6.24. The fourth-order valence-electron chi connectivity index (χ4n) is 3.51. The molecule has 2 heterocycles. The van der Waals surface area contributed by atoms with Crippen molar-refractivity contribution in [3.05, 3.63) is 59.2 Å². The number of hydrogen-bond acceptors (Lipinski definition) is 6. The van der Waals surface area contributed by atoms with Crippen LogP contribution in [0.15, 0.2) is 53.1 Å². The lowest BCUT2D eigenvalue weighted by atomic mass is 10.00. The molecule has 1 saturated carbocycles. The maximum Gasteiger partial charge on any atom is 0.236 e. The lowest BCUT2D eigenvalue weighted by Gasteiger charge is -2.12. The van der Waals surface area contributed by atoms with E-state index in [1.165, 1.54) is 0 Å². The highest BCUT2D eigenvalue weighted by Gasteiger charge is 2.53. The minimum atomic E-state index is -0.631. The van der Waals surface area contributed by atoms with E-state index < -0.39 is 5.41 Å². The van der Waals surface area contributed by atoms with Gasteiger partial charge in [-0.3, -0.25) is 4.79 Å². The molecule has 146 valence electrons. The Labute approximate surface area is 171 Å². The normalized spacial score (nSPS) is 14.7. The molecule has 6 nitrogen and oxygen atoms in total. The minimum Gasteiger partial charge on any atom is -0.497 e. The van der Waals surface area contributed by atoms with Gasteiger partial charge < -0.3 is 14.6 Å². The van der Waals surface area contributed by atoms with Crippen LogP contribution in [0.25, 0.3) is 21.5 Å². The van der Waals surface area contributed by atoms with Gasteiger partial charge >= 0.3 is 0 Å². The van der Waals surface area contributed by atoms with Crippen LogP contribution in [0.2, 0.25) is 0 Å². The smallest absolute Gasteiger partial charge is 0.236 e. The summed E-state index contributed by atoms with van der Waals surface area (Å²) in [5.41, 5.74) is 2.54. The van der Waals surface area contributed by atoms with Gasteiger partial charge in [-0.2, -0.15) is 0 Å². The Balaban J connectivity index is 1.39. The minimum absolute atomic E-state index is 0.0608. The topological polar surface area (TPSA) is 77.2 Å². The predicted molar refractivity (Wildman–Crippen MR) is 112 cm³/mol. The molecule has 0 bridgehead atoms. The number of carbonyl (C=O) groups excluding carboxylic acids is 1. The van der Waals surface area contributed by atoms with Gasteiger partial charge in [0.05, 0.1) is 33.4 Å². The number of aryl methyl sites for hydroxylation is 1. The number of fused-ring (bicyclic) bond motifs is 1. The molecule has 0 unspecified atom stereocenters. The van der Waals surface area contributed by atoms with Crippen molar-refractivity contribution in [2.75, 3.05) is 12.4 Å². The first-order chi connectivity index (χ1) is 14.1. The second-order valence-corrected chi connectivity index (χ2v) is 8.49. The van der Waals surface area contributed by atoms with Crippen molar-refractivity contribution in [2.45, 2.75) is 25.2 Å². The summed E-state index contributed by atoms with van der Waals surface area (Å²) in [7, 11) is 1.62. The van der Waals surface area contributed by atoms with Crippen molar-refractivity contribution in [3.8, 4) is 17.1 Å². The van der Waals surface area contributed by atoms with E-state index in [0.717, 1.165) is 45.1 Å². The fraction of sp³-hybridized carbons (Fsp3) is 0.227. The number of nitrogens with zero attached hydrogens (tertiary/aromatic N) is 2. The maximum absolute atomic E-state index is 13.1. The standard InChI is InChI=1S/C22H19N3O3S/c1-13-23-17-11-15(6-7-19(17)29-13)24-21(26)22(8-9-22)20-12-18(28-25-20)14-4-3-5-16(10-14)27-2/h3-7,10-12H,8-9H2,1-2H3,(H,24,26).